The highest BCUT2D eigenvalue weighted by molar-refractivity contribution is 6.31. The van der Waals surface area contributed by atoms with E-state index in [0.717, 1.165) is 12.1 Å². The highest BCUT2D eigenvalue weighted by Gasteiger charge is 2.33. The third-order valence-corrected chi connectivity index (χ3v) is 2.51. The van der Waals surface area contributed by atoms with Crippen LogP contribution in [-0.4, -0.2) is 0 Å². The summed E-state index contributed by atoms with van der Waals surface area (Å²) in [5, 5.41) is 8.08. The van der Waals surface area contributed by atoms with Crippen LogP contribution in [0.25, 0.3) is 0 Å². The van der Waals surface area contributed by atoms with E-state index in [-0.39, 0.29) is 17.0 Å². The number of benzene rings is 1. The Morgan fingerprint density at radius 1 is 1.44 bits per heavy atom. The van der Waals surface area contributed by atoms with Gasteiger partial charge in [0.15, 0.2) is 0 Å². The van der Waals surface area contributed by atoms with Crippen LogP contribution in [0.2, 0.25) is 5.02 Å². The normalized spacial score (nSPS) is 11.2. The molecule has 1 nitrogen and oxygen atoms in total. The number of rotatable bonds is 3. The highest BCUT2D eigenvalue weighted by Crippen LogP contribution is 2.38. The number of hydrogen-bond donors (Lipinski definition) is 0. The summed E-state index contributed by atoms with van der Waals surface area (Å²) in [7, 11) is 0. The molecule has 16 heavy (non-hydrogen) atoms. The third kappa shape index (κ3) is 2.67. The number of hydrogen-bond acceptors (Lipinski definition) is 1. The van der Waals surface area contributed by atoms with E-state index < -0.39 is 23.7 Å². The fourth-order valence-corrected chi connectivity index (χ4v) is 1.63. The molecule has 1 rings (SSSR count). The van der Waals surface area contributed by atoms with Gasteiger partial charge in [-0.15, -0.1) is 0 Å². The van der Waals surface area contributed by atoms with Crippen LogP contribution in [0.4, 0.5) is 13.2 Å². The molecule has 0 atom stereocenters. The van der Waals surface area contributed by atoms with Crippen molar-refractivity contribution in [3.05, 3.63) is 34.1 Å². The molecule has 0 saturated heterocycles. The lowest BCUT2D eigenvalue weighted by molar-refractivity contribution is -0.0121. The van der Waals surface area contributed by atoms with Gasteiger partial charge < -0.3 is 0 Å². The van der Waals surface area contributed by atoms with Crippen molar-refractivity contribution in [2.75, 3.05) is 0 Å². The molecule has 1 aromatic carbocycles. The molecular weight excluding hydrogens is 239 g/mol. The number of nitriles is 1. The average Bonchev–Trinajstić information content (AvgIpc) is 2.20. The van der Waals surface area contributed by atoms with Crippen LogP contribution in [0, 0.1) is 24.1 Å². The van der Waals surface area contributed by atoms with Crippen molar-refractivity contribution in [1.29, 1.82) is 5.26 Å². The summed E-state index contributed by atoms with van der Waals surface area (Å²) in [6.45, 7) is 1.44. The SMILES string of the molecule is Cc1cc(Cl)c(C(F)(F)CCC#N)cc1F. The summed E-state index contributed by atoms with van der Waals surface area (Å²) in [6.07, 6.45) is -0.968. The van der Waals surface area contributed by atoms with Crippen molar-refractivity contribution in [1.82, 2.24) is 0 Å². The van der Waals surface area contributed by atoms with Gasteiger partial charge in [-0.2, -0.15) is 5.26 Å². The van der Waals surface area contributed by atoms with Gasteiger partial charge in [0.2, 0.25) is 0 Å². The molecule has 86 valence electrons. The van der Waals surface area contributed by atoms with E-state index in [1.807, 2.05) is 0 Å². The number of nitrogens with zero attached hydrogens (tertiary/aromatic N) is 1. The standard InChI is InChI=1S/C11H9ClF3N/c1-7-5-9(12)8(6-10(7)13)11(14,15)3-2-4-16/h5-6H,2-3H2,1H3. The molecule has 1 aromatic rings. The summed E-state index contributed by atoms with van der Waals surface area (Å²) in [4.78, 5) is 0. The maximum Gasteiger partial charge on any atom is 0.275 e. The molecule has 0 saturated carbocycles. The Morgan fingerprint density at radius 3 is 2.62 bits per heavy atom. The van der Waals surface area contributed by atoms with Crippen molar-refractivity contribution in [3.63, 3.8) is 0 Å². The van der Waals surface area contributed by atoms with E-state index in [1.54, 1.807) is 6.07 Å². The Hall–Kier alpha value is -1.21. The van der Waals surface area contributed by atoms with Crippen LogP contribution in [0.3, 0.4) is 0 Å². The van der Waals surface area contributed by atoms with Crippen molar-refractivity contribution in [3.8, 4) is 6.07 Å². The lowest BCUT2D eigenvalue weighted by atomic mass is 10.0. The van der Waals surface area contributed by atoms with Gasteiger partial charge in [-0.05, 0) is 24.6 Å². The second-order valence-corrected chi connectivity index (χ2v) is 3.85. The summed E-state index contributed by atoms with van der Waals surface area (Å²) < 4.78 is 40.2. The molecule has 0 fully saturated rings. The van der Waals surface area contributed by atoms with Gasteiger partial charge in [0.25, 0.3) is 5.92 Å². The average molecular weight is 248 g/mol. The van der Waals surface area contributed by atoms with Gasteiger partial charge in [-0.25, -0.2) is 13.2 Å². The lowest BCUT2D eigenvalue weighted by Gasteiger charge is -2.17. The van der Waals surface area contributed by atoms with Gasteiger partial charge in [0, 0.05) is 18.4 Å². The van der Waals surface area contributed by atoms with E-state index in [0.29, 0.717) is 0 Å². The minimum Gasteiger partial charge on any atom is -0.207 e. The first-order valence-corrected chi connectivity index (χ1v) is 4.97. The largest absolute Gasteiger partial charge is 0.275 e. The predicted octanol–water partition coefficient (Wildman–Crippen LogP) is 4.18. The van der Waals surface area contributed by atoms with E-state index >= 15 is 0 Å². The van der Waals surface area contributed by atoms with Crippen LogP contribution in [0.1, 0.15) is 24.0 Å². The molecule has 0 heterocycles. The predicted molar refractivity (Wildman–Crippen MR) is 54.9 cm³/mol. The Labute approximate surface area is 96.4 Å². The van der Waals surface area contributed by atoms with Crippen molar-refractivity contribution >= 4 is 11.6 Å². The van der Waals surface area contributed by atoms with E-state index in [9.17, 15) is 13.2 Å². The zero-order valence-electron chi connectivity index (χ0n) is 8.53. The molecule has 0 bridgehead atoms. The first-order chi connectivity index (χ1) is 7.38. The second kappa shape index (κ2) is 4.75. The van der Waals surface area contributed by atoms with Crippen molar-refractivity contribution in [2.24, 2.45) is 0 Å². The molecule has 0 aliphatic carbocycles. The number of alkyl halides is 2. The summed E-state index contributed by atoms with van der Waals surface area (Å²) >= 11 is 5.64. The van der Waals surface area contributed by atoms with Gasteiger partial charge in [-0.1, -0.05) is 11.6 Å². The van der Waals surface area contributed by atoms with Crippen LogP contribution < -0.4 is 0 Å². The molecule has 0 spiro atoms. The Morgan fingerprint density at radius 2 is 2.06 bits per heavy atom. The smallest absolute Gasteiger partial charge is 0.207 e. The minimum atomic E-state index is -3.28. The van der Waals surface area contributed by atoms with Crippen molar-refractivity contribution < 1.29 is 13.2 Å². The zero-order valence-corrected chi connectivity index (χ0v) is 9.28. The molecule has 0 amide bonds. The zero-order chi connectivity index (χ0) is 12.3. The molecule has 0 aliphatic rings. The third-order valence-electron chi connectivity index (χ3n) is 2.19. The number of halogens is 4. The summed E-state index contributed by atoms with van der Waals surface area (Å²) in [6, 6.07) is 3.51. The Bertz CT molecular complexity index is 438. The molecule has 0 N–H and O–H groups in total. The Kier molecular flexibility index (Phi) is 3.82. The first kappa shape index (κ1) is 12.9. The van der Waals surface area contributed by atoms with Crippen LogP contribution in [0.15, 0.2) is 12.1 Å². The summed E-state index contributed by atoms with van der Waals surface area (Å²) in [5.41, 5.74) is -0.350. The highest BCUT2D eigenvalue weighted by atomic mass is 35.5. The van der Waals surface area contributed by atoms with Gasteiger partial charge in [-0.3, -0.25) is 0 Å². The van der Waals surface area contributed by atoms with Crippen molar-refractivity contribution in [2.45, 2.75) is 25.7 Å². The minimum absolute atomic E-state index is 0.179. The molecule has 0 unspecified atom stereocenters. The lowest BCUT2D eigenvalue weighted by Crippen LogP contribution is -2.14. The second-order valence-electron chi connectivity index (χ2n) is 3.44. The van der Waals surface area contributed by atoms with Crippen LogP contribution in [0.5, 0.6) is 0 Å². The maximum absolute atomic E-state index is 13.5. The van der Waals surface area contributed by atoms with Gasteiger partial charge >= 0.3 is 0 Å². The van der Waals surface area contributed by atoms with Crippen LogP contribution >= 0.6 is 11.6 Å². The quantitative estimate of drug-likeness (QED) is 0.786. The topological polar surface area (TPSA) is 23.8 Å². The molecular formula is C11H9ClF3N. The maximum atomic E-state index is 13.5. The van der Waals surface area contributed by atoms with E-state index in [4.69, 9.17) is 16.9 Å². The monoisotopic (exact) mass is 247 g/mol. The van der Waals surface area contributed by atoms with E-state index in [2.05, 4.69) is 0 Å². The summed E-state index contributed by atoms with van der Waals surface area (Å²) in [5.74, 6) is -4.00. The van der Waals surface area contributed by atoms with E-state index in [1.165, 1.54) is 6.92 Å². The molecule has 0 radical (unpaired) electrons. The van der Waals surface area contributed by atoms with Gasteiger partial charge in [0.1, 0.15) is 5.82 Å². The number of aryl methyl sites for hydroxylation is 1. The molecule has 0 aliphatic heterocycles. The first-order valence-electron chi connectivity index (χ1n) is 4.59. The Balaban J connectivity index is 3.13. The fraction of sp³-hybridized carbons (Fsp3) is 0.364. The molecule has 5 heteroatoms. The fourth-order valence-electron chi connectivity index (χ4n) is 1.27. The van der Waals surface area contributed by atoms with Crippen LogP contribution in [-0.2, 0) is 5.92 Å². The van der Waals surface area contributed by atoms with Gasteiger partial charge in [0.05, 0.1) is 11.1 Å². The molecule has 0 aromatic heterocycles.